The van der Waals surface area contributed by atoms with E-state index in [4.69, 9.17) is 9.84 Å². The van der Waals surface area contributed by atoms with Crippen LogP contribution in [0.15, 0.2) is 18.2 Å². The van der Waals surface area contributed by atoms with Crippen LogP contribution in [-0.2, 0) is 0 Å². The Morgan fingerprint density at radius 3 is 2.71 bits per heavy atom. The maximum Gasteiger partial charge on any atom is 0.127 e. The first-order valence-corrected chi connectivity index (χ1v) is 7.68. The zero-order chi connectivity index (χ0) is 14.8. The van der Waals surface area contributed by atoms with E-state index in [1.54, 1.807) is 0 Å². The van der Waals surface area contributed by atoms with Crippen LogP contribution < -0.4 is 4.74 Å². The van der Waals surface area contributed by atoms with Crippen molar-refractivity contribution in [3.63, 3.8) is 0 Å². The predicted molar refractivity (Wildman–Crippen MR) is 80.5 cm³/mol. The van der Waals surface area contributed by atoms with Gasteiger partial charge < -0.3 is 14.9 Å². The van der Waals surface area contributed by atoms with Gasteiger partial charge >= 0.3 is 0 Å². The van der Waals surface area contributed by atoms with Crippen molar-refractivity contribution in [3.8, 4) is 5.75 Å². The number of aryl methyl sites for hydroxylation is 1. The molecular formula is C16H24N2O3. The summed E-state index contributed by atoms with van der Waals surface area (Å²) in [5.41, 5.74) is 2.23. The van der Waals surface area contributed by atoms with Gasteiger partial charge in [0.05, 0.1) is 12.6 Å². The van der Waals surface area contributed by atoms with Gasteiger partial charge in [0.1, 0.15) is 18.5 Å². The molecule has 0 aromatic heterocycles. The van der Waals surface area contributed by atoms with Crippen LogP contribution in [0.2, 0.25) is 0 Å². The number of aliphatic hydroxyl groups excluding tert-OH is 2. The molecule has 2 heterocycles. The lowest BCUT2D eigenvalue weighted by molar-refractivity contribution is -0.0196. The van der Waals surface area contributed by atoms with E-state index >= 15 is 0 Å². The Labute approximate surface area is 125 Å². The number of aliphatic hydroxyl groups is 2. The molecule has 2 aliphatic rings. The average molecular weight is 292 g/mol. The Balaban J connectivity index is 1.78. The summed E-state index contributed by atoms with van der Waals surface area (Å²) in [4.78, 5) is 4.61. The highest BCUT2D eigenvalue weighted by Crippen LogP contribution is 2.38. The molecule has 1 aromatic carbocycles. The monoisotopic (exact) mass is 292 g/mol. The lowest BCUT2D eigenvalue weighted by Crippen LogP contribution is -2.52. The lowest BCUT2D eigenvalue weighted by atomic mass is 9.94. The number of para-hydroxylation sites is 1. The largest absolute Gasteiger partial charge is 0.490 e. The Bertz CT molecular complexity index is 486. The summed E-state index contributed by atoms with van der Waals surface area (Å²) >= 11 is 0. The second kappa shape index (κ2) is 6.32. The second-order valence-electron chi connectivity index (χ2n) is 5.92. The smallest absolute Gasteiger partial charge is 0.127 e. The van der Waals surface area contributed by atoms with E-state index in [0.29, 0.717) is 6.61 Å². The number of nitrogens with zero attached hydrogens (tertiary/aromatic N) is 2. The van der Waals surface area contributed by atoms with Crippen molar-refractivity contribution >= 4 is 0 Å². The fourth-order valence-electron chi connectivity index (χ4n) is 3.42. The minimum absolute atomic E-state index is 0.0185. The van der Waals surface area contributed by atoms with E-state index in [9.17, 15) is 5.11 Å². The van der Waals surface area contributed by atoms with Crippen LogP contribution in [-0.4, -0.2) is 72.1 Å². The summed E-state index contributed by atoms with van der Waals surface area (Å²) in [5, 5.41) is 19.4. The normalized spacial score (nSPS) is 27.2. The highest BCUT2D eigenvalue weighted by molar-refractivity contribution is 5.44. The van der Waals surface area contributed by atoms with Crippen molar-refractivity contribution in [1.82, 2.24) is 9.80 Å². The molecule has 2 unspecified atom stereocenters. The van der Waals surface area contributed by atoms with Crippen LogP contribution in [0.3, 0.4) is 0 Å². The highest BCUT2D eigenvalue weighted by atomic mass is 16.5. The van der Waals surface area contributed by atoms with E-state index < -0.39 is 6.10 Å². The number of hydrogen-bond donors (Lipinski definition) is 2. The summed E-state index contributed by atoms with van der Waals surface area (Å²) in [7, 11) is 0. The van der Waals surface area contributed by atoms with E-state index in [1.165, 1.54) is 0 Å². The van der Waals surface area contributed by atoms with E-state index in [-0.39, 0.29) is 12.6 Å². The predicted octanol–water partition coefficient (Wildman–Crippen LogP) is 0.399. The Hall–Kier alpha value is -1.14. The van der Waals surface area contributed by atoms with Gasteiger partial charge in [0.15, 0.2) is 0 Å². The topological polar surface area (TPSA) is 56.2 Å². The first kappa shape index (κ1) is 14.8. The lowest BCUT2D eigenvalue weighted by Gasteiger charge is -2.43. The summed E-state index contributed by atoms with van der Waals surface area (Å²) in [6.45, 7) is 7.05. The Morgan fingerprint density at radius 1 is 1.24 bits per heavy atom. The van der Waals surface area contributed by atoms with E-state index in [0.717, 1.165) is 49.6 Å². The van der Waals surface area contributed by atoms with Gasteiger partial charge in [-0.05, 0) is 12.5 Å². The van der Waals surface area contributed by atoms with E-state index in [2.05, 4.69) is 15.9 Å². The average Bonchev–Trinajstić information content (AvgIpc) is 2.49. The maximum atomic E-state index is 10.4. The van der Waals surface area contributed by atoms with Gasteiger partial charge in [-0.3, -0.25) is 9.80 Å². The molecule has 5 nitrogen and oxygen atoms in total. The minimum atomic E-state index is -0.483. The standard InChI is InChI=1S/C16H24N2O3/c1-12-3-2-4-13-15(14(20)11-21-16(12)13)18-7-5-17(6-8-18)9-10-19/h2-4,14-15,19-20H,5-11H2,1H3. The van der Waals surface area contributed by atoms with Crippen LogP contribution in [0, 0.1) is 6.92 Å². The third-order valence-electron chi connectivity index (χ3n) is 4.54. The summed E-state index contributed by atoms with van der Waals surface area (Å²) in [6.07, 6.45) is -0.483. The molecule has 0 radical (unpaired) electrons. The highest BCUT2D eigenvalue weighted by Gasteiger charge is 2.36. The molecule has 1 aromatic rings. The van der Waals surface area contributed by atoms with Crippen LogP contribution in [0.1, 0.15) is 17.2 Å². The number of rotatable bonds is 3. The van der Waals surface area contributed by atoms with E-state index in [1.807, 2.05) is 19.1 Å². The molecule has 2 N–H and O–H groups in total. The second-order valence-corrected chi connectivity index (χ2v) is 5.92. The van der Waals surface area contributed by atoms with Crippen LogP contribution >= 0.6 is 0 Å². The van der Waals surface area contributed by atoms with Gasteiger partial charge in [0.2, 0.25) is 0 Å². The van der Waals surface area contributed by atoms with Crippen molar-refractivity contribution in [2.75, 3.05) is 45.9 Å². The summed E-state index contributed by atoms with van der Waals surface area (Å²) in [5.74, 6) is 0.936. The molecule has 5 heteroatoms. The summed E-state index contributed by atoms with van der Waals surface area (Å²) < 4.78 is 5.73. The molecule has 0 spiro atoms. The third kappa shape index (κ3) is 2.92. The first-order valence-electron chi connectivity index (χ1n) is 7.68. The van der Waals surface area contributed by atoms with Crippen LogP contribution in [0.25, 0.3) is 0 Å². The third-order valence-corrected chi connectivity index (χ3v) is 4.54. The van der Waals surface area contributed by atoms with Crippen molar-refractivity contribution in [2.45, 2.75) is 19.1 Å². The number of piperazine rings is 1. The van der Waals surface area contributed by atoms with Gasteiger partial charge in [-0.25, -0.2) is 0 Å². The van der Waals surface area contributed by atoms with Crippen molar-refractivity contribution in [1.29, 1.82) is 0 Å². The van der Waals surface area contributed by atoms with Gasteiger partial charge in [-0.15, -0.1) is 0 Å². The molecule has 0 amide bonds. The summed E-state index contributed by atoms with van der Waals surface area (Å²) in [6, 6.07) is 6.16. The molecule has 0 aliphatic carbocycles. The van der Waals surface area contributed by atoms with Gasteiger partial charge in [-0.1, -0.05) is 18.2 Å². The molecule has 0 saturated carbocycles. The Morgan fingerprint density at radius 2 is 2.00 bits per heavy atom. The van der Waals surface area contributed by atoms with Gasteiger partial charge in [-0.2, -0.15) is 0 Å². The molecule has 116 valence electrons. The molecule has 1 fully saturated rings. The van der Waals surface area contributed by atoms with Gasteiger partial charge in [0.25, 0.3) is 0 Å². The molecule has 1 saturated heterocycles. The number of fused-ring (bicyclic) bond motifs is 1. The van der Waals surface area contributed by atoms with Crippen molar-refractivity contribution < 1.29 is 14.9 Å². The zero-order valence-electron chi connectivity index (χ0n) is 12.5. The minimum Gasteiger partial charge on any atom is -0.490 e. The molecule has 2 atom stereocenters. The quantitative estimate of drug-likeness (QED) is 0.844. The number of hydrogen-bond acceptors (Lipinski definition) is 5. The number of benzene rings is 1. The maximum absolute atomic E-state index is 10.4. The molecular weight excluding hydrogens is 268 g/mol. The van der Waals surface area contributed by atoms with Crippen LogP contribution in [0.5, 0.6) is 5.75 Å². The molecule has 3 rings (SSSR count). The first-order chi connectivity index (χ1) is 10.2. The molecule has 21 heavy (non-hydrogen) atoms. The number of ether oxygens (including phenoxy) is 1. The molecule has 0 bridgehead atoms. The fourth-order valence-corrected chi connectivity index (χ4v) is 3.42. The molecule has 2 aliphatic heterocycles. The zero-order valence-corrected chi connectivity index (χ0v) is 12.5. The van der Waals surface area contributed by atoms with Gasteiger partial charge in [0, 0.05) is 38.3 Å². The SMILES string of the molecule is Cc1cccc2c1OCC(O)C2N1CCN(CCO)CC1. The Kier molecular flexibility index (Phi) is 4.45. The van der Waals surface area contributed by atoms with Crippen molar-refractivity contribution in [3.05, 3.63) is 29.3 Å². The van der Waals surface area contributed by atoms with Crippen LogP contribution in [0.4, 0.5) is 0 Å². The number of β-amino-alcohol motifs (C(OH)–C–C–N with tert-alkyl or cyclic N) is 1. The van der Waals surface area contributed by atoms with Crippen molar-refractivity contribution in [2.24, 2.45) is 0 Å². The fraction of sp³-hybridized carbons (Fsp3) is 0.625.